The maximum absolute atomic E-state index is 10.7. The highest BCUT2D eigenvalue weighted by molar-refractivity contribution is 7.13. The highest BCUT2D eigenvalue weighted by Crippen LogP contribution is 2.30. The van der Waals surface area contributed by atoms with Gasteiger partial charge in [0.05, 0.1) is 12.8 Å². The molecule has 4 heteroatoms. The van der Waals surface area contributed by atoms with Gasteiger partial charge in [-0.3, -0.25) is 4.79 Å². The fourth-order valence-corrected chi connectivity index (χ4v) is 2.52. The number of aryl methyl sites for hydroxylation is 2. The van der Waals surface area contributed by atoms with E-state index in [1.807, 2.05) is 32.0 Å². The van der Waals surface area contributed by atoms with Crippen molar-refractivity contribution in [2.75, 3.05) is 7.11 Å². The fraction of sp³-hybridized carbons (Fsp3) is 0.231. The molecule has 0 bridgehead atoms. The van der Waals surface area contributed by atoms with Crippen LogP contribution in [0.15, 0.2) is 18.2 Å². The van der Waals surface area contributed by atoms with Crippen LogP contribution in [0.4, 0.5) is 0 Å². The van der Waals surface area contributed by atoms with Gasteiger partial charge in [0, 0.05) is 10.4 Å². The SMILES string of the molecule is COc1ccc(-c2nc(C=O)sc2C)cc1C. The Hall–Kier alpha value is -1.68. The third-order valence-corrected chi connectivity index (χ3v) is 3.48. The van der Waals surface area contributed by atoms with E-state index >= 15 is 0 Å². The predicted octanol–water partition coefficient (Wildman–Crippen LogP) is 3.25. The Kier molecular flexibility index (Phi) is 3.24. The second kappa shape index (κ2) is 4.67. The van der Waals surface area contributed by atoms with Crippen molar-refractivity contribution in [1.29, 1.82) is 0 Å². The van der Waals surface area contributed by atoms with Crippen molar-refractivity contribution in [2.24, 2.45) is 0 Å². The Morgan fingerprint density at radius 2 is 2.12 bits per heavy atom. The quantitative estimate of drug-likeness (QED) is 0.781. The van der Waals surface area contributed by atoms with Crippen LogP contribution in [-0.2, 0) is 0 Å². The number of aldehydes is 1. The number of hydrogen-bond acceptors (Lipinski definition) is 4. The molecule has 0 saturated heterocycles. The smallest absolute Gasteiger partial charge is 0.178 e. The maximum atomic E-state index is 10.7. The molecule has 0 aliphatic rings. The van der Waals surface area contributed by atoms with Crippen LogP contribution in [0.5, 0.6) is 5.75 Å². The number of ether oxygens (including phenoxy) is 1. The van der Waals surface area contributed by atoms with Crippen molar-refractivity contribution in [1.82, 2.24) is 4.98 Å². The highest BCUT2D eigenvalue weighted by Gasteiger charge is 2.10. The van der Waals surface area contributed by atoms with E-state index in [9.17, 15) is 4.79 Å². The van der Waals surface area contributed by atoms with Gasteiger partial charge in [0.1, 0.15) is 5.75 Å². The minimum Gasteiger partial charge on any atom is -0.496 e. The van der Waals surface area contributed by atoms with Gasteiger partial charge < -0.3 is 4.74 Å². The van der Waals surface area contributed by atoms with Crippen LogP contribution in [0.1, 0.15) is 20.2 Å². The average Bonchev–Trinajstić information content (AvgIpc) is 2.70. The summed E-state index contributed by atoms with van der Waals surface area (Å²) in [4.78, 5) is 16.1. The third kappa shape index (κ3) is 2.22. The van der Waals surface area contributed by atoms with E-state index in [4.69, 9.17) is 4.74 Å². The van der Waals surface area contributed by atoms with Gasteiger partial charge >= 0.3 is 0 Å². The Balaban J connectivity index is 2.49. The van der Waals surface area contributed by atoms with E-state index in [1.165, 1.54) is 11.3 Å². The molecule has 88 valence electrons. The second-order valence-corrected chi connectivity index (χ2v) is 4.99. The first-order chi connectivity index (χ1) is 8.15. The Bertz CT molecular complexity index is 561. The van der Waals surface area contributed by atoms with Crippen LogP contribution >= 0.6 is 11.3 Å². The molecule has 17 heavy (non-hydrogen) atoms. The van der Waals surface area contributed by atoms with E-state index in [1.54, 1.807) is 7.11 Å². The molecule has 0 N–H and O–H groups in total. The first-order valence-electron chi connectivity index (χ1n) is 5.23. The van der Waals surface area contributed by atoms with Crippen molar-refractivity contribution in [3.63, 3.8) is 0 Å². The molecule has 1 heterocycles. The summed E-state index contributed by atoms with van der Waals surface area (Å²) in [5.74, 6) is 0.859. The van der Waals surface area contributed by atoms with Crippen LogP contribution in [0, 0.1) is 13.8 Å². The van der Waals surface area contributed by atoms with Crippen molar-refractivity contribution in [3.8, 4) is 17.0 Å². The van der Waals surface area contributed by atoms with Crippen molar-refractivity contribution in [3.05, 3.63) is 33.6 Å². The van der Waals surface area contributed by atoms with Crippen molar-refractivity contribution in [2.45, 2.75) is 13.8 Å². The lowest BCUT2D eigenvalue weighted by molar-refractivity contribution is 0.112. The Morgan fingerprint density at radius 1 is 1.35 bits per heavy atom. The van der Waals surface area contributed by atoms with Gasteiger partial charge in [-0.25, -0.2) is 4.98 Å². The molecular formula is C13H13NO2S. The fourth-order valence-electron chi connectivity index (χ4n) is 1.76. The first kappa shape index (κ1) is 11.8. The molecule has 0 radical (unpaired) electrons. The Morgan fingerprint density at radius 3 is 2.65 bits per heavy atom. The summed E-state index contributed by atoms with van der Waals surface area (Å²) < 4.78 is 5.22. The molecule has 2 aromatic rings. The predicted molar refractivity (Wildman–Crippen MR) is 69.0 cm³/mol. The molecule has 0 unspecified atom stereocenters. The zero-order chi connectivity index (χ0) is 12.4. The van der Waals surface area contributed by atoms with Gasteiger partial charge in [-0.05, 0) is 37.6 Å². The summed E-state index contributed by atoms with van der Waals surface area (Å²) in [6.07, 6.45) is 0.789. The molecular weight excluding hydrogens is 234 g/mol. The number of methoxy groups -OCH3 is 1. The summed E-state index contributed by atoms with van der Waals surface area (Å²) in [5.41, 5.74) is 2.96. The number of thiazole rings is 1. The molecule has 0 spiro atoms. The number of hydrogen-bond donors (Lipinski definition) is 0. The number of carbonyl (C=O) groups excluding carboxylic acids is 1. The number of carbonyl (C=O) groups is 1. The first-order valence-corrected chi connectivity index (χ1v) is 6.05. The summed E-state index contributed by atoms with van der Waals surface area (Å²) in [5, 5.41) is 0.519. The lowest BCUT2D eigenvalue weighted by Crippen LogP contribution is -1.89. The molecule has 1 aromatic carbocycles. The summed E-state index contributed by atoms with van der Waals surface area (Å²) in [7, 11) is 1.65. The molecule has 0 fully saturated rings. The summed E-state index contributed by atoms with van der Waals surface area (Å²) in [6, 6.07) is 5.90. The largest absolute Gasteiger partial charge is 0.496 e. The van der Waals surface area contributed by atoms with Gasteiger partial charge in [0.2, 0.25) is 0 Å². The number of benzene rings is 1. The van der Waals surface area contributed by atoms with Crippen LogP contribution in [0.25, 0.3) is 11.3 Å². The molecule has 0 aliphatic carbocycles. The standard InChI is InChI=1S/C13H13NO2S/c1-8-6-10(4-5-11(8)16-3)13-9(2)17-12(7-15)14-13/h4-7H,1-3H3. The van der Waals surface area contributed by atoms with Gasteiger partial charge in [-0.2, -0.15) is 0 Å². The molecule has 0 amide bonds. The minimum atomic E-state index is 0.519. The van der Waals surface area contributed by atoms with Gasteiger partial charge in [-0.1, -0.05) is 0 Å². The minimum absolute atomic E-state index is 0.519. The maximum Gasteiger partial charge on any atom is 0.178 e. The summed E-state index contributed by atoms with van der Waals surface area (Å²) in [6.45, 7) is 3.96. The number of rotatable bonds is 3. The monoisotopic (exact) mass is 247 g/mol. The van der Waals surface area contributed by atoms with Crippen LogP contribution in [-0.4, -0.2) is 18.4 Å². The van der Waals surface area contributed by atoms with E-state index in [2.05, 4.69) is 4.98 Å². The molecule has 2 rings (SSSR count). The van der Waals surface area contributed by atoms with Crippen LogP contribution in [0.2, 0.25) is 0 Å². The normalized spacial score (nSPS) is 10.3. The molecule has 3 nitrogen and oxygen atoms in total. The zero-order valence-electron chi connectivity index (χ0n) is 9.98. The van der Waals surface area contributed by atoms with Gasteiger partial charge in [0.15, 0.2) is 11.3 Å². The lowest BCUT2D eigenvalue weighted by Gasteiger charge is -2.06. The van der Waals surface area contributed by atoms with Crippen molar-refractivity contribution < 1.29 is 9.53 Å². The van der Waals surface area contributed by atoms with Gasteiger partial charge in [-0.15, -0.1) is 11.3 Å². The number of nitrogens with zero attached hydrogens (tertiary/aromatic N) is 1. The van der Waals surface area contributed by atoms with Crippen LogP contribution in [0.3, 0.4) is 0 Å². The number of aromatic nitrogens is 1. The topological polar surface area (TPSA) is 39.2 Å². The lowest BCUT2D eigenvalue weighted by atomic mass is 10.1. The molecule has 0 atom stereocenters. The molecule has 0 saturated carbocycles. The average molecular weight is 247 g/mol. The van der Waals surface area contributed by atoms with Gasteiger partial charge in [0.25, 0.3) is 0 Å². The molecule has 1 aromatic heterocycles. The second-order valence-electron chi connectivity index (χ2n) is 3.76. The van der Waals surface area contributed by atoms with E-state index in [0.29, 0.717) is 5.01 Å². The highest BCUT2D eigenvalue weighted by atomic mass is 32.1. The Labute approximate surface area is 104 Å². The van der Waals surface area contributed by atoms with Crippen LogP contribution < -0.4 is 4.74 Å². The summed E-state index contributed by atoms with van der Waals surface area (Å²) >= 11 is 1.41. The van der Waals surface area contributed by atoms with E-state index in [-0.39, 0.29) is 0 Å². The van der Waals surface area contributed by atoms with E-state index < -0.39 is 0 Å². The van der Waals surface area contributed by atoms with Crippen molar-refractivity contribution >= 4 is 17.6 Å². The third-order valence-electron chi connectivity index (χ3n) is 2.58. The van der Waals surface area contributed by atoms with E-state index in [0.717, 1.165) is 33.7 Å². The molecule has 0 aliphatic heterocycles. The zero-order valence-corrected chi connectivity index (χ0v) is 10.8.